The van der Waals surface area contributed by atoms with Gasteiger partial charge in [-0.1, -0.05) is 58.7 Å². The Kier molecular flexibility index (Phi) is 6.32. The van der Waals surface area contributed by atoms with Crippen LogP contribution in [-0.2, 0) is 12.8 Å². The molecule has 0 aliphatic rings. The molecule has 0 heteroatoms. The number of benzene rings is 1. The number of hydrogen-bond donors (Lipinski definition) is 0. The van der Waals surface area contributed by atoms with E-state index in [1.807, 2.05) is 0 Å². The molecule has 0 saturated heterocycles. The third-order valence-electron chi connectivity index (χ3n) is 3.81. The Balaban J connectivity index is 2.86. The summed E-state index contributed by atoms with van der Waals surface area (Å²) in [5, 5.41) is 0. The largest absolute Gasteiger partial charge is 0.0654 e. The van der Waals surface area contributed by atoms with Gasteiger partial charge in [-0.25, -0.2) is 0 Å². The van der Waals surface area contributed by atoms with Gasteiger partial charge in [-0.15, -0.1) is 0 Å². The molecule has 0 amide bonds. The highest BCUT2D eigenvalue weighted by Gasteiger charge is 2.09. The summed E-state index contributed by atoms with van der Waals surface area (Å²) < 4.78 is 0. The van der Waals surface area contributed by atoms with Crippen molar-refractivity contribution in [3.8, 4) is 0 Å². The molecule has 0 bridgehead atoms. The van der Waals surface area contributed by atoms with Gasteiger partial charge in [0.1, 0.15) is 0 Å². The van der Waals surface area contributed by atoms with E-state index < -0.39 is 0 Å². The van der Waals surface area contributed by atoms with Gasteiger partial charge in [-0.3, -0.25) is 0 Å². The van der Waals surface area contributed by atoms with Crippen molar-refractivity contribution in [1.82, 2.24) is 0 Å². The summed E-state index contributed by atoms with van der Waals surface area (Å²) in [5.74, 6) is 0.706. The summed E-state index contributed by atoms with van der Waals surface area (Å²) in [6.45, 7) is 9.16. The molecule has 0 aliphatic carbocycles. The van der Waals surface area contributed by atoms with E-state index in [9.17, 15) is 0 Å². The summed E-state index contributed by atoms with van der Waals surface area (Å²) in [5.41, 5.74) is 4.68. The first-order valence-electron chi connectivity index (χ1n) is 7.34. The highest BCUT2D eigenvalue weighted by molar-refractivity contribution is 5.34. The van der Waals surface area contributed by atoms with Crippen molar-refractivity contribution < 1.29 is 0 Å². The fourth-order valence-electron chi connectivity index (χ4n) is 2.36. The van der Waals surface area contributed by atoms with Gasteiger partial charge in [0.15, 0.2) is 0 Å². The van der Waals surface area contributed by atoms with Crippen LogP contribution in [0.1, 0.15) is 76.0 Å². The molecule has 1 atom stereocenters. The average molecular weight is 232 g/mol. The van der Waals surface area contributed by atoms with Crippen molar-refractivity contribution in [2.24, 2.45) is 0 Å². The quantitative estimate of drug-likeness (QED) is 0.545. The molecule has 0 fully saturated rings. The third kappa shape index (κ3) is 4.18. The monoisotopic (exact) mass is 232 g/mol. The second kappa shape index (κ2) is 7.53. The smallest absolute Gasteiger partial charge is 0.0190 e. The van der Waals surface area contributed by atoms with Gasteiger partial charge in [-0.2, -0.15) is 0 Å². The lowest BCUT2D eigenvalue weighted by Crippen LogP contribution is -2.00. The number of aryl methyl sites for hydroxylation is 2. The number of rotatable bonds is 7. The van der Waals surface area contributed by atoms with Gasteiger partial charge in [0.05, 0.1) is 0 Å². The lowest BCUT2D eigenvalue weighted by atomic mass is 9.89. The van der Waals surface area contributed by atoms with E-state index in [2.05, 4.69) is 45.9 Å². The molecule has 1 aromatic carbocycles. The Morgan fingerprint density at radius 3 is 2.41 bits per heavy atom. The van der Waals surface area contributed by atoms with Gasteiger partial charge in [0.25, 0.3) is 0 Å². The van der Waals surface area contributed by atoms with Crippen LogP contribution in [0.15, 0.2) is 18.2 Å². The molecule has 0 aliphatic heterocycles. The highest BCUT2D eigenvalue weighted by Crippen LogP contribution is 2.25. The van der Waals surface area contributed by atoms with Gasteiger partial charge < -0.3 is 0 Å². The van der Waals surface area contributed by atoms with E-state index in [4.69, 9.17) is 0 Å². The van der Waals surface area contributed by atoms with Crippen molar-refractivity contribution in [3.05, 3.63) is 34.9 Å². The molecule has 96 valence electrons. The van der Waals surface area contributed by atoms with Crippen LogP contribution in [0.3, 0.4) is 0 Å². The SMILES string of the molecule is CCCCCc1cc(CC)ccc1C(C)CC. The number of unbranched alkanes of at least 4 members (excludes halogenated alkanes) is 2. The zero-order valence-corrected chi connectivity index (χ0v) is 12.1. The Morgan fingerprint density at radius 1 is 1.06 bits per heavy atom. The van der Waals surface area contributed by atoms with E-state index in [1.165, 1.54) is 37.7 Å². The summed E-state index contributed by atoms with van der Waals surface area (Å²) in [7, 11) is 0. The molecule has 0 aromatic heterocycles. The maximum Gasteiger partial charge on any atom is -0.0190 e. The summed E-state index contributed by atoms with van der Waals surface area (Å²) in [6.07, 6.45) is 7.67. The van der Waals surface area contributed by atoms with E-state index in [-0.39, 0.29) is 0 Å². The second-order valence-corrected chi connectivity index (χ2v) is 5.15. The van der Waals surface area contributed by atoms with Crippen molar-refractivity contribution >= 4 is 0 Å². The second-order valence-electron chi connectivity index (χ2n) is 5.15. The van der Waals surface area contributed by atoms with Gasteiger partial charge in [0, 0.05) is 0 Å². The highest BCUT2D eigenvalue weighted by atomic mass is 14.1. The topological polar surface area (TPSA) is 0 Å². The Hall–Kier alpha value is -0.780. The van der Waals surface area contributed by atoms with Crippen molar-refractivity contribution in [1.29, 1.82) is 0 Å². The molecule has 0 saturated carbocycles. The van der Waals surface area contributed by atoms with Crippen molar-refractivity contribution in [2.75, 3.05) is 0 Å². The lowest BCUT2D eigenvalue weighted by Gasteiger charge is -2.16. The third-order valence-corrected chi connectivity index (χ3v) is 3.81. The van der Waals surface area contributed by atoms with Crippen LogP contribution in [0.4, 0.5) is 0 Å². The fraction of sp³-hybridized carbons (Fsp3) is 0.647. The first-order valence-corrected chi connectivity index (χ1v) is 7.34. The normalized spacial score (nSPS) is 12.7. The lowest BCUT2D eigenvalue weighted by molar-refractivity contribution is 0.686. The molecule has 1 aromatic rings. The van der Waals surface area contributed by atoms with Crippen LogP contribution in [0.5, 0.6) is 0 Å². The molecule has 0 spiro atoms. The van der Waals surface area contributed by atoms with Crippen LogP contribution < -0.4 is 0 Å². The molecular formula is C17H28. The van der Waals surface area contributed by atoms with Crippen LogP contribution in [0.2, 0.25) is 0 Å². The molecule has 0 nitrogen and oxygen atoms in total. The first kappa shape index (κ1) is 14.3. The molecule has 0 heterocycles. The standard InChI is InChI=1S/C17H28/c1-5-8-9-10-16-13-15(7-3)11-12-17(16)14(4)6-2/h11-14H,5-10H2,1-4H3. The fourth-order valence-corrected chi connectivity index (χ4v) is 2.36. The average Bonchev–Trinajstić information content (AvgIpc) is 2.38. The Labute approximate surface area is 107 Å². The van der Waals surface area contributed by atoms with E-state index in [0.717, 1.165) is 6.42 Å². The molecule has 1 rings (SSSR count). The van der Waals surface area contributed by atoms with Crippen LogP contribution in [0, 0.1) is 0 Å². The Morgan fingerprint density at radius 2 is 1.82 bits per heavy atom. The van der Waals surface area contributed by atoms with Gasteiger partial charge in [0.2, 0.25) is 0 Å². The predicted molar refractivity (Wildman–Crippen MR) is 77.8 cm³/mol. The molecular weight excluding hydrogens is 204 g/mol. The molecule has 17 heavy (non-hydrogen) atoms. The van der Waals surface area contributed by atoms with E-state index in [0.29, 0.717) is 5.92 Å². The van der Waals surface area contributed by atoms with Crippen LogP contribution in [-0.4, -0.2) is 0 Å². The van der Waals surface area contributed by atoms with Crippen molar-refractivity contribution in [2.45, 2.75) is 72.1 Å². The van der Waals surface area contributed by atoms with E-state index >= 15 is 0 Å². The van der Waals surface area contributed by atoms with E-state index in [1.54, 1.807) is 11.1 Å². The minimum absolute atomic E-state index is 0.706. The van der Waals surface area contributed by atoms with Crippen LogP contribution in [0.25, 0.3) is 0 Å². The van der Waals surface area contributed by atoms with Crippen LogP contribution >= 0.6 is 0 Å². The maximum atomic E-state index is 2.44. The van der Waals surface area contributed by atoms with Crippen molar-refractivity contribution in [3.63, 3.8) is 0 Å². The Bertz CT molecular complexity index is 325. The summed E-state index contributed by atoms with van der Waals surface area (Å²) >= 11 is 0. The molecule has 0 radical (unpaired) electrons. The molecule has 1 unspecified atom stereocenters. The zero-order chi connectivity index (χ0) is 12.7. The number of hydrogen-bond acceptors (Lipinski definition) is 0. The minimum Gasteiger partial charge on any atom is -0.0654 e. The minimum atomic E-state index is 0.706. The maximum absolute atomic E-state index is 2.44. The zero-order valence-electron chi connectivity index (χ0n) is 12.1. The predicted octanol–water partition coefficient (Wildman–Crippen LogP) is 5.50. The van der Waals surface area contributed by atoms with Gasteiger partial charge >= 0.3 is 0 Å². The summed E-state index contributed by atoms with van der Waals surface area (Å²) in [6, 6.07) is 7.12. The summed E-state index contributed by atoms with van der Waals surface area (Å²) in [4.78, 5) is 0. The molecule has 0 N–H and O–H groups in total. The first-order chi connectivity index (χ1) is 8.22. The van der Waals surface area contributed by atoms with Gasteiger partial charge in [-0.05, 0) is 48.3 Å².